The molecule has 30 nitrogen and oxygen atoms in total. The average Bonchev–Trinajstić information content (AvgIpc) is 0.901. The molecule has 0 aromatic carbocycles. The van der Waals surface area contributed by atoms with Gasteiger partial charge in [-0.2, -0.15) is 0 Å². The van der Waals surface area contributed by atoms with Crippen LogP contribution in [0.15, 0.2) is 0 Å². The number of rotatable bonds is 61. The van der Waals surface area contributed by atoms with Crippen LogP contribution in [0.5, 0.6) is 0 Å². The van der Waals surface area contributed by atoms with Gasteiger partial charge in [-0.1, -0.05) is 186 Å². The number of unbranched alkanes of at least 4 members (excludes halogenated alkanes) is 2. The van der Waals surface area contributed by atoms with Gasteiger partial charge in [-0.05, 0) is 141 Å². The zero-order valence-electron chi connectivity index (χ0n) is 96.9. The third-order valence-electron chi connectivity index (χ3n) is 25.0. The molecule has 0 saturated carbocycles. The predicted molar refractivity (Wildman–Crippen MR) is 631 cm³/mol. The number of quaternary nitrogens is 10. The molecule has 40 heteroatoms. The molecule has 12 N–H and O–H groups in total. The lowest BCUT2D eigenvalue weighted by Crippen LogP contribution is -2.50. The third-order valence-corrected chi connectivity index (χ3v) is 33.1. The summed E-state index contributed by atoms with van der Waals surface area (Å²) in [7, 11) is 32.9. The number of carbonyl (C=O) groups is 10. The van der Waals surface area contributed by atoms with Crippen LogP contribution < -0.4 is 44.2 Å². The second kappa shape index (κ2) is 97.9. The lowest BCUT2D eigenvalue weighted by atomic mass is 10.2. The van der Waals surface area contributed by atoms with Gasteiger partial charge in [-0.25, -0.2) is 0 Å². The van der Waals surface area contributed by atoms with Gasteiger partial charge in [-0.3, -0.25) is 47.9 Å². The van der Waals surface area contributed by atoms with Gasteiger partial charge in [0.15, 0.2) is 0 Å². The van der Waals surface area contributed by atoms with Gasteiger partial charge >= 0.3 is 0 Å². The molecule has 0 aliphatic heterocycles. The van der Waals surface area contributed by atoms with E-state index in [1.54, 1.807) is 66.2 Å². The summed E-state index contributed by atoms with van der Waals surface area (Å²) in [5.74, 6) is 8.80. The highest BCUT2D eigenvalue weighted by Gasteiger charge is 2.30. The number of nitrogens with zero attached hydrogens (tertiary/aromatic N) is 12. The molecule has 0 fully saturated rings. The van der Waals surface area contributed by atoms with Crippen molar-refractivity contribution in [2.75, 3.05) is 380 Å². The van der Waals surface area contributed by atoms with Crippen LogP contribution in [0.3, 0.4) is 0 Å². The normalized spacial score (nSPS) is 12.2. The number of carbonyl (C=O) groups excluding carboxylic acids is 10. The molecule has 139 heavy (non-hydrogen) atoms. The van der Waals surface area contributed by atoms with Gasteiger partial charge in [0.05, 0.1) is 324 Å². The Balaban J connectivity index is -0.000000167. The topological polar surface area (TPSA) is 329 Å². The molecular formula is C99H228N20O10S10+10. The summed E-state index contributed by atoms with van der Waals surface area (Å²) in [6.07, 6.45) is 12.3. The van der Waals surface area contributed by atoms with E-state index in [1.165, 1.54) is 252 Å². The SMILES string of the molecule is CCCC[N+](CC)(CCC)CCSC(=O)NC.CCCC[N+](CC)(CCC)CCSC(N)=O.CCC[N+](CC)(CCC)CCSC(=O)NC.CCC[N+](CC)(CCC)CCSC(N)=O.CC[N+](CC)(CC)CCSC(=O)N(C)C.CC[N+](CC)(CC)CCSC(=O)NC.CC[N+](CC)(CC)CCSC(N)=O.CN(C)C(=O)SCC[N+](C)(C)C.CNC(=O)SCC[N+](C)(C)C.C[N+](C)(C)CCSC(N)=O. The molecule has 0 aromatic heterocycles. The quantitative estimate of drug-likeness (QED) is 0.0262. The van der Waals surface area contributed by atoms with Crippen LogP contribution in [0.4, 0.5) is 47.9 Å². The van der Waals surface area contributed by atoms with Crippen LogP contribution in [-0.2, 0) is 0 Å². The molecule has 0 spiro atoms. The Morgan fingerprint density at radius 1 is 0.201 bits per heavy atom. The second-order valence-electron chi connectivity index (χ2n) is 38.3. The molecule has 2 unspecified atom stereocenters. The van der Waals surface area contributed by atoms with Crippen molar-refractivity contribution in [2.24, 2.45) is 22.9 Å². The number of thioether (sulfide) groups is 10. The lowest BCUT2D eigenvalue weighted by molar-refractivity contribution is -0.924. The van der Waals surface area contributed by atoms with E-state index >= 15 is 0 Å². The second-order valence-corrected chi connectivity index (χ2v) is 49.1. The highest BCUT2D eigenvalue weighted by atomic mass is 32.2. The van der Waals surface area contributed by atoms with Crippen LogP contribution in [0, 0.1) is 0 Å². The Kier molecular flexibility index (Phi) is 110. The van der Waals surface area contributed by atoms with Crippen molar-refractivity contribution in [1.29, 1.82) is 0 Å². The van der Waals surface area contributed by atoms with Crippen LogP contribution in [0.25, 0.3) is 0 Å². The molecule has 0 heterocycles. The molecule has 834 valence electrons. The molecule has 0 rings (SSSR count). The standard InChI is InChI=1S/C13H28N2OS.2C12H26N2OS.C11H25N2OS.C11H24N2OS.C10H22N2OS.C9H20N2OS.C8H19N2OS.C7H16N2OS.C6H14N2OS/c1-5-8-10-15(7-3,9-6-2)11-12-17-13(16)14-4;1-5-8-14(7-3,9-6-2)10-11-16-12(15)13-4;1-4-7-9-14(6-3,8-5-2)10-11-16-12(13)15;1-6-13(7-2,8-3)9-10-15-11(14)12(4)5;1-4-7-13(6-3,8-5-2)9-10-15-11(12)14;1-5-12(6-2,7-3)8-9-14-10(13)11-4;1-4-11(5-2,6-3)7-8-13-9(10)12;1-9(2)8(11)12-7-6-10(3,4)5;1-8-7(10)11-6-5-9(2,3)4;1-8(2,3)4-5-10-6(7)9/h5-12H2,1-4H3;5-11H2,1-4H3;4-11H2,1-3H3,(H-,13,15);6-10H2,1-5H3;4-10H2,1-3H3,(H-,12,14);5-9H2,1-4H3;4-8H2,1-3H3,(H-,10,12);6-7H2,1-5H3;5-6H2,1-4H3;4-5H2,1-3H3,(H-,7,9)/q;;;+1;;;;+1;;/p+8. The maximum Gasteiger partial charge on any atom is 0.281 e. The predicted octanol–water partition coefficient (Wildman–Crippen LogP) is 19.4. The van der Waals surface area contributed by atoms with Crippen molar-refractivity contribution in [3.8, 4) is 0 Å². The fourth-order valence-corrected chi connectivity index (χ4v) is 22.9. The minimum Gasteiger partial charge on any atom is -0.361 e. The summed E-state index contributed by atoms with van der Waals surface area (Å²) in [6.45, 7) is 82.2. The first-order valence-corrected chi connectivity index (χ1v) is 61.9. The van der Waals surface area contributed by atoms with E-state index in [4.69, 9.17) is 22.9 Å². The Labute approximate surface area is 899 Å². The third kappa shape index (κ3) is 98.9. The lowest BCUT2D eigenvalue weighted by Gasteiger charge is -2.37. The summed E-state index contributed by atoms with van der Waals surface area (Å²) in [4.78, 5) is 112. The molecule has 0 aromatic rings. The van der Waals surface area contributed by atoms with Crippen molar-refractivity contribution in [3.63, 3.8) is 0 Å². The summed E-state index contributed by atoms with van der Waals surface area (Å²) in [6, 6.07) is 0. The monoisotopic (exact) mass is 2180 g/mol. The van der Waals surface area contributed by atoms with Crippen molar-refractivity contribution < 1.29 is 92.8 Å². The van der Waals surface area contributed by atoms with Crippen LogP contribution in [0.1, 0.15) is 210 Å². The van der Waals surface area contributed by atoms with Crippen molar-refractivity contribution in [3.05, 3.63) is 0 Å². The molecule has 10 amide bonds. The average molecular weight is 2180 g/mol. The van der Waals surface area contributed by atoms with Crippen LogP contribution in [0.2, 0.25) is 0 Å². The zero-order valence-corrected chi connectivity index (χ0v) is 105. The van der Waals surface area contributed by atoms with Crippen LogP contribution in [-0.4, -0.2) is 487 Å². The van der Waals surface area contributed by atoms with Gasteiger partial charge in [0.1, 0.15) is 0 Å². The van der Waals surface area contributed by atoms with Gasteiger partial charge in [0.25, 0.3) is 52.4 Å². The number of amides is 10. The number of hydrogen-bond donors (Lipinski definition) is 8. The number of primary amides is 4. The van der Waals surface area contributed by atoms with E-state index in [0.29, 0.717) is 0 Å². The largest absolute Gasteiger partial charge is 0.361 e. The maximum atomic E-state index is 11.4. The van der Waals surface area contributed by atoms with Gasteiger partial charge < -0.3 is 98.8 Å². The first kappa shape index (κ1) is 157. The minimum absolute atomic E-state index is 0.0541. The van der Waals surface area contributed by atoms with Gasteiger partial charge in [0.2, 0.25) is 0 Å². The Morgan fingerprint density at radius 3 is 0.489 bits per heavy atom. The fourth-order valence-electron chi connectivity index (χ4n) is 14.6. The molecule has 0 radical (unpaired) electrons. The van der Waals surface area contributed by atoms with E-state index < -0.39 is 0 Å². The molecular weight excluding hydrogens is 1950 g/mol. The Bertz CT molecular complexity index is 2940. The molecule has 0 bridgehead atoms. The smallest absolute Gasteiger partial charge is 0.281 e. The van der Waals surface area contributed by atoms with Crippen molar-refractivity contribution in [1.82, 2.24) is 31.1 Å². The molecule has 0 aliphatic carbocycles. The van der Waals surface area contributed by atoms with Crippen molar-refractivity contribution in [2.45, 2.75) is 210 Å². The Hall–Kier alpha value is -2.20. The summed E-state index contributed by atoms with van der Waals surface area (Å²) < 4.78 is 10.6. The van der Waals surface area contributed by atoms with E-state index in [1.807, 2.05) is 0 Å². The first-order valence-electron chi connectivity index (χ1n) is 52.0. The number of hydrogen-bond acceptors (Lipinski definition) is 20. The molecule has 0 saturated heterocycles. The summed E-state index contributed by atoms with van der Waals surface area (Å²) in [5, 5.41) is 10.1. The zero-order chi connectivity index (χ0) is 110. The fraction of sp³-hybridized carbons (Fsp3) is 0.899. The summed E-state index contributed by atoms with van der Waals surface area (Å²) in [5.41, 5.74) is 20.3. The van der Waals surface area contributed by atoms with E-state index in [2.05, 4.69) is 230 Å². The molecule has 0 aliphatic rings. The van der Waals surface area contributed by atoms with E-state index in [9.17, 15) is 47.9 Å². The number of nitrogens with one attached hydrogen (secondary N) is 4. The number of nitrogens with two attached hydrogens (primary N) is 4. The first-order chi connectivity index (χ1) is 64.9. The molecule has 2 atom stereocenters. The van der Waals surface area contributed by atoms with E-state index in [0.717, 1.165) is 235 Å². The Morgan fingerprint density at radius 2 is 0.345 bits per heavy atom. The van der Waals surface area contributed by atoms with Crippen LogP contribution >= 0.6 is 118 Å². The highest BCUT2D eigenvalue weighted by molar-refractivity contribution is 8.15. The summed E-state index contributed by atoms with van der Waals surface area (Å²) >= 11 is 13.3. The maximum absolute atomic E-state index is 11.4. The van der Waals surface area contributed by atoms with Gasteiger partial charge in [0, 0.05) is 56.4 Å². The highest BCUT2D eigenvalue weighted by Crippen LogP contribution is 2.21. The van der Waals surface area contributed by atoms with Crippen molar-refractivity contribution >= 4 is 170 Å². The van der Waals surface area contributed by atoms with Gasteiger partial charge in [-0.15, -0.1) is 0 Å². The minimum atomic E-state index is -0.284. The van der Waals surface area contributed by atoms with E-state index in [-0.39, 0.29) is 52.4 Å².